The maximum atomic E-state index is 12.8. The summed E-state index contributed by atoms with van der Waals surface area (Å²) in [5.41, 5.74) is -0.199. The minimum atomic E-state index is -1.06. The van der Waals surface area contributed by atoms with Gasteiger partial charge in [0.1, 0.15) is 11.3 Å². The molecule has 5 nitrogen and oxygen atoms in total. The number of aliphatic carboxylic acids is 1. The van der Waals surface area contributed by atoms with Gasteiger partial charge in [0.2, 0.25) is 5.91 Å². The normalized spacial score (nSPS) is 18.0. The van der Waals surface area contributed by atoms with Crippen LogP contribution in [0.5, 0.6) is 5.75 Å². The molecule has 1 unspecified atom stereocenters. The lowest BCUT2D eigenvalue weighted by Crippen LogP contribution is -2.57. The zero-order valence-corrected chi connectivity index (χ0v) is 14.0. The molecule has 1 aliphatic carbocycles. The number of ether oxygens (including phenoxy) is 1. The monoisotopic (exact) mass is 319 g/mol. The Morgan fingerprint density at radius 2 is 1.74 bits per heavy atom. The van der Waals surface area contributed by atoms with E-state index >= 15 is 0 Å². The van der Waals surface area contributed by atoms with E-state index in [1.165, 1.54) is 4.90 Å². The molecule has 2 rings (SSSR count). The van der Waals surface area contributed by atoms with E-state index in [-0.39, 0.29) is 11.8 Å². The van der Waals surface area contributed by atoms with Gasteiger partial charge in [-0.05, 0) is 37.5 Å². The van der Waals surface area contributed by atoms with Crippen LogP contribution in [0, 0.1) is 0 Å². The van der Waals surface area contributed by atoms with Crippen molar-refractivity contribution in [2.45, 2.75) is 50.5 Å². The van der Waals surface area contributed by atoms with E-state index in [2.05, 4.69) is 0 Å². The summed E-state index contributed by atoms with van der Waals surface area (Å²) in [6.07, 6.45) is 3.78. The highest BCUT2D eigenvalue weighted by Crippen LogP contribution is 2.35. The summed E-state index contributed by atoms with van der Waals surface area (Å²) >= 11 is 0. The molecule has 0 aromatic heterocycles. The number of nitrogens with zero attached hydrogens (tertiary/aromatic N) is 1. The lowest BCUT2D eigenvalue weighted by molar-refractivity contribution is -0.160. The maximum absolute atomic E-state index is 12.8. The van der Waals surface area contributed by atoms with Crippen LogP contribution in [0.3, 0.4) is 0 Å². The summed E-state index contributed by atoms with van der Waals surface area (Å²) in [5, 5.41) is 9.72. The molecular formula is C18H25NO4. The number of hydrogen-bond donors (Lipinski definition) is 1. The second-order valence-electron chi connectivity index (χ2n) is 6.29. The summed E-state index contributed by atoms with van der Waals surface area (Å²) in [4.78, 5) is 26.2. The highest BCUT2D eigenvalue weighted by atomic mass is 16.5. The van der Waals surface area contributed by atoms with Gasteiger partial charge in [-0.15, -0.1) is 0 Å². The van der Waals surface area contributed by atoms with E-state index < -0.39 is 11.5 Å². The van der Waals surface area contributed by atoms with Crippen LogP contribution < -0.4 is 4.74 Å². The molecule has 126 valence electrons. The van der Waals surface area contributed by atoms with Gasteiger partial charge >= 0.3 is 5.97 Å². The molecule has 0 spiro atoms. The number of methoxy groups -OCH3 is 1. The first-order chi connectivity index (χ1) is 10.9. The van der Waals surface area contributed by atoms with Gasteiger partial charge in [-0.1, -0.05) is 31.4 Å². The molecule has 0 heterocycles. The van der Waals surface area contributed by atoms with Crippen LogP contribution >= 0.6 is 0 Å². The van der Waals surface area contributed by atoms with Gasteiger partial charge in [0.25, 0.3) is 0 Å². The molecule has 1 atom stereocenters. The second-order valence-corrected chi connectivity index (χ2v) is 6.29. The van der Waals surface area contributed by atoms with Crippen molar-refractivity contribution >= 4 is 11.9 Å². The van der Waals surface area contributed by atoms with E-state index in [0.717, 1.165) is 30.6 Å². The molecule has 0 bridgehead atoms. The number of amides is 1. The van der Waals surface area contributed by atoms with Gasteiger partial charge in [0.15, 0.2) is 0 Å². The largest absolute Gasteiger partial charge is 0.497 e. The molecule has 0 aliphatic heterocycles. The van der Waals surface area contributed by atoms with Crippen LogP contribution in [0.25, 0.3) is 0 Å². The number of benzene rings is 1. The molecule has 1 aromatic carbocycles. The number of carbonyl (C=O) groups is 2. The van der Waals surface area contributed by atoms with Gasteiger partial charge in [-0.3, -0.25) is 4.79 Å². The standard InChI is InChI=1S/C18H25NO4/c1-13(14-7-9-15(23-3)10-8-14)16(20)19(2)18(17(21)22)11-5-4-6-12-18/h7-10,13H,4-6,11-12H2,1-3H3,(H,21,22). The molecule has 1 N–H and O–H groups in total. The fraction of sp³-hybridized carbons (Fsp3) is 0.556. The van der Waals surface area contributed by atoms with Crippen LogP contribution in [0.1, 0.15) is 50.5 Å². The van der Waals surface area contributed by atoms with E-state index in [1.54, 1.807) is 14.2 Å². The third-order valence-corrected chi connectivity index (χ3v) is 5.04. The summed E-state index contributed by atoms with van der Waals surface area (Å²) in [5.74, 6) is -0.699. The number of rotatable bonds is 5. The van der Waals surface area contributed by atoms with Crippen LogP contribution in [-0.2, 0) is 9.59 Å². The quantitative estimate of drug-likeness (QED) is 0.906. The lowest BCUT2D eigenvalue weighted by Gasteiger charge is -2.42. The van der Waals surface area contributed by atoms with Crippen LogP contribution in [0.4, 0.5) is 0 Å². The highest BCUT2D eigenvalue weighted by Gasteiger charge is 2.46. The first-order valence-corrected chi connectivity index (χ1v) is 8.07. The molecule has 0 radical (unpaired) electrons. The minimum Gasteiger partial charge on any atom is -0.497 e. The first kappa shape index (κ1) is 17.3. The average Bonchev–Trinajstić information content (AvgIpc) is 2.60. The first-order valence-electron chi connectivity index (χ1n) is 8.07. The molecule has 1 fully saturated rings. The summed E-state index contributed by atoms with van der Waals surface area (Å²) < 4.78 is 5.13. The number of hydrogen-bond acceptors (Lipinski definition) is 3. The fourth-order valence-corrected chi connectivity index (χ4v) is 3.37. The molecule has 5 heteroatoms. The van der Waals surface area contributed by atoms with E-state index in [4.69, 9.17) is 4.74 Å². The zero-order valence-electron chi connectivity index (χ0n) is 14.0. The van der Waals surface area contributed by atoms with Gasteiger partial charge in [-0.25, -0.2) is 4.79 Å². The Morgan fingerprint density at radius 1 is 1.17 bits per heavy atom. The van der Waals surface area contributed by atoms with Gasteiger partial charge in [0.05, 0.1) is 13.0 Å². The molecule has 1 aliphatic rings. The minimum absolute atomic E-state index is 0.153. The molecule has 23 heavy (non-hydrogen) atoms. The molecule has 1 amide bonds. The Kier molecular flexibility index (Phi) is 5.29. The Morgan fingerprint density at radius 3 is 2.22 bits per heavy atom. The number of carboxylic acid groups (broad SMARTS) is 1. The molecule has 0 saturated heterocycles. The SMILES string of the molecule is COc1ccc(C(C)C(=O)N(C)C2(C(=O)O)CCCCC2)cc1. The van der Waals surface area contributed by atoms with E-state index in [1.807, 2.05) is 31.2 Å². The average molecular weight is 319 g/mol. The van der Waals surface area contributed by atoms with Crippen molar-refractivity contribution in [1.82, 2.24) is 4.90 Å². The third kappa shape index (κ3) is 3.33. The Hall–Kier alpha value is -2.04. The number of carboxylic acids is 1. The lowest BCUT2D eigenvalue weighted by atomic mass is 9.79. The number of likely N-dealkylation sites (N-methyl/N-ethyl adjacent to an activating group) is 1. The van der Waals surface area contributed by atoms with Crippen molar-refractivity contribution in [2.24, 2.45) is 0 Å². The summed E-state index contributed by atoms with van der Waals surface area (Å²) in [7, 11) is 3.22. The molecule has 1 aromatic rings. The van der Waals surface area contributed by atoms with Crippen molar-refractivity contribution in [3.05, 3.63) is 29.8 Å². The fourth-order valence-electron chi connectivity index (χ4n) is 3.37. The van der Waals surface area contributed by atoms with Crippen molar-refractivity contribution in [3.8, 4) is 5.75 Å². The summed E-state index contributed by atoms with van der Waals surface area (Å²) in [6, 6.07) is 7.33. The second kappa shape index (κ2) is 7.02. The van der Waals surface area contributed by atoms with Crippen molar-refractivity contribution in [1.29, 1.82) is 0 Å². The smallest absolute Gasteiger partial charge is 0.329 e. The zero-order chi connectivity index (χ0) is 17.0. The Labute approximate surface area is 137 Å². The Bertz CT molecular complexity index is 561. The van der Waals surface area contributed by atoms with Gasteiger partial charge in [-0.2, -0.15) is 0 Å². The van der Waals surface area contributed by atoms with Crippen molar-refractivity contribution < 1.29 is 19.4 Å². The maximum Gasteiger partial charge on any atom is 0.329 e. The van der Waals surface area contributed by atoms with Crippen molar-refractivity contribution in [3.63, 3.8) is 0 Å². The van der Waals surface area contributed by atoms with E-state index in [9.17, 15) is 14.7 Å². The molecular weight excluding hydrogens is 294 g/mol. The predicted octanol–water partition coefficient (Wildman–Crippen LogP) is 3.04. The highest BCUT2D eigenvalue weighted by molar-refractivity contribution is 5.90. The topological polar surface area (TPSA) is 66.8 Å². The third-order valence-electron chi connectivity index (χ3n) is 5.04. The van der Waals surface area contributed by atoms with Gasteiger partial charge < -0.3 is 14.7 Å². The Balaban J connectivity index is 2.20. The predicted molar refractivity (Wildman–Crippen MR) is 87.6 cm³/mol. The van der Waals surface area contributed by atoms with Crippen LogP contribution in [0.2, 0.25) is 0 Å². The van der Waals surface area contributed by atoms with Crippen LogP contribution in [-0.4, -0.2) is 41.6 Å². The van der Waals surface area contributed by atoms with Gasteiger partial charge in [0, 0.05) is 7.05 Å². The summed E-state index contributed by atoms with van der Waals surface area (Å²) in [6.45, 7) is 1.82. The van der Waals surface area contributed by atoms with Crippen molar-refractivity contribution in [2.75, 3.05) is 14.2 Å². The van der Waals surface area contributed by atoms with E-state index in [0.29, 0.717) is 12.8 Å². The number of carbonyl (C=O) groups excluding carboxylic acids is 1. The van der Waals surface area contributed by atoms with Crippen LogP contribution in [0.15, 0.2) is 24.3 Å². The molecule has 1 saturated carbocycles.